The van der Waals surface area contributed by atoms with Gasteiger partial charge in [0.15, 0.2) is 0 Å². The Morgan fingerprint density at radius 3 is 2.70 bits per heavy atom. The summed E-state index contributed by atoms with van der Waals surface area (Å²) in [5.41, 5.74) is 7.38. The molecule has 0 radical (unpaired) electrons. The minimum atomic E-state index is -0.479. The highest BCUT2D eigenvalue weighted by atomic mass is 19.1. The van der Waals surface area contributed by atoms with Gasteiger partial charge in [0.1, 0.15) is 5.82 Å². The average Bonchev–Trinajstić information content (AvgIpc) is 2.76. The Morgan fingerprint density at radius 2 is 1.93 bits per heavy atom. The van der Waals surface area contributed by atoms with Gasteiger partial charge in [-0.2, -0.15) is 5.26 Å². The van der Waals surface area contributed by atoms with Gasteiger partial charge in [-0.05, 0) is 30.5 Å². The molecule has 0 bridgehead atoms. The van der Waals surface area contributed by atoms with E-state index in [4.69, 9.17) is 5.73 Å². The van der Waals surface area contributed by atoms with Crippen LogP contribution in [0.5, 0.6) is 0 Å². The largest absolute Gasteiger partial charge is 0.341 e. The number of nitrogens with zero attached hydrogens (tertiary/aromatic N) is 4. The number of piperidine rings is 1. The molecule has 152 valence electrons. The molecule has 1 unspecified atom stereocenters. The van der Waals surface area contributed by atoms with E-state index in [0.717, 1.165) is 19.4 Å². The third-order valence-corrected chi connectivity index (χ3v) is 5.40. The molecule has 1 fully saturated rings. The second-order valence-corrected chi connectivity index (χ2v) is 7.46. The van der Waals surface area contributed by atoms with Gasteiger partial charge in [0.2, 0.25) is 5.95 Å². The quantitative estimate of drug-likeness (QED) is 0.724. The Hall–Kier alpha value is -3.50. The number of hydrogen-bond donors (Lipinski definition) is 1. The van der Waals surface area contributed by atoms with Crippen LogP contribution >= 0.6 is 0 Å². The van der Waals surface area contributed by atoms with Crippen LogP contribution in [0.1, 0.15) is 24.0 Å². The van der Waals surface area contributed by atoms with Gasteiger partial charge < -0.3 is 10.6 Å². The highest BCUT2D eigenvalue weighted by molar-refractivity contribution is 5.63. The minimum absolute atomic E-state index is 0.00161. The van der Waals surface area contributed by atoms with Gasteiger partial charge in [-0.25, -0.2) is 9.37 Å². The maximum absolute atomic E-state index is 14.4. The van der Waals surface area contributed by atoms with Crippen molar-refractivity contribution in [1.29, 1.82) is 5.26 Å². The number of nitriles is 1. The predicted octanol–water partition coefficient (Wildman–Crippen LogP) is 2.90. The Morgan fingerprint density at radius 1 is 1.17 bits per heavy atom. The molecule has 6 nitrogen and oxygen atoms in total. The second-order valence-electron chi connectivity index (χ2n) is 7.46. The first-order chi connectivity index (χ1) is 14.6. The molecule has 4 rings (SSSR count). The molecule has 1 atom stereocenters. The standard InChI is InChI=1S/C23H22FN5O/c24-21-10-4-3-9-19(21)20-13-27-23(28-11-5-8-18(26)15-28)29(22(20)30)14-17-7-2-1-6-16(17)12-25/h1-4,6-7,9-10,13,18H,5,8,11,14-15,26H2. The highest BCUT2D eigenvalue weighted by Crippen LogP contribution is 2.23. The van der Waals surface area contributed by atoms with Crippen LogP contribution in [0.2, 0.25) is 0 Å². The fourth-order valence-electron chi connectivity index (χ4n) is 3.87. The van der Waals surface area contributed by atoms with Crippen molar-refractivity contribution in [1.82, 2.24) is 9.55 Å². The Balaban J connectivity index is 1.87. The van der Waals surface area contributed by atoms with Crippen LogP contribution in [-0.2, 0) is 6.54 Å². The van der Waals surface area contributed by atoms with E-state index in [0.29, 0.717) is 23.6 Å². The molecule has 30 heavy (non-hydrogen) atoms. The number of nitrogens with two attached hydrogens (primary N) is 1. The first-order valence-corrected chi connectivity index (χ1v) is 9.91. The summed E-state index contributed by atoms with van der Waals surface area (Å²) < 4.78 is 15.9. The van der Waals surface area contributed by atoms with Gasteiger partial charge in [-0.3, -0.25) is 9.36 Å². The van der Waals surface area contributed by atoms with Gasteiger partial charge in [-0.15, -0.1) is 0 Å². The van der Waals surface area contributed by atoms with Gasteiger partial charge in [0.05, 0.1) is 23.7 Å². The molecule has 0 aliphatic carbocycles. The monoisotopic (exact) mass is 403 g/mol. The molecule has 0 saturated carbocycles. The number of anilines is 1. The lowest BCUT2D eigenvalue weighted by Crippen LogP contribution is -2.45. The lowest BCUT2D eigenvalue weighted by Gasteiger charge is -2.33. The van der Waals surface area contributed by atoms with Crippen LogP contribution in [0, 0.1) is 17.1 Å². The van der Waals surface area contributed by atoms with Crippen LogP contribution in [0.4, 0.5) is 10.3 Å². The molecule has 2 N–H and O–H groups in total. The summed E-state index contributed by atoms with van der Waals surface area (Å²) >= 11 is 0. The molecular formula is C23H22FN5O. The molecule has 1 aliphatic heterocycles. The first kappa shape index (κ1) is 19.8. The molecule has 1 aromatic heterocycles. The second kappa shape index (κ2) is 8.47. The number of halogens is 1. The SMILES string of the molecule is N#Cc1ccccc1Cn1c(N2CCCC(N)C2)ncc(-c2ccccc2F)c1=O. The summed E-state index contributed by atoms with van der Waals surface area (Å²) in [7, 11) is 0. The van der Waals surface area contributed by atoms with Crippen molar-refractivity contribution < 1.29 is 4.39 Å². The third kappa shape index (κ3) is 3.82. The van der Waals surface area contributed by atoms with E-state index >= 15 is 0 Å². The maximum Gasteiger partial charge on any atom is 0.263 e. The topological polar surface area (TPSA) is 87.9 Å². The van der Waals surface area contributed by atoms with E-state index in [2.05, 4.69) is 11.1 Å². The van der Waals surface area contributed by atoms with Crippen LogP contribution in [0.15, 0.2) is 59.5 Å². The van der Waals surface area contributed by atoms with E-state index in [1.165, 1.54) is 16.8 Å². The normalized spacial score (nSPS) is 16.3. The lowest BCUT2D eigenvalue weighted by molar-refractivity contribution is 0.491. The summed E-state index contributed by atoms with van der Waals surface area (Å²) in [6.45, 7) is 1.49. The molecule has 0 amide bonds. The zero-order valence-corrected chi connectivity index (χ0v) is 16.5. The number of benzene rings is 2. The molecule has 1 aliphatic rings. The zero-order valence-electron chi connectivity index (χ0n) is 16.5. The van der Waals surface area contributed by atoms with Crippen LogP contribution in [0.25, 0.3) is 11.1 Å². The molecular weight excluding hydrogens is 381 g/mol. The van der Waals surface area contributed by atoms with E-state index in [9.17, 15) is 14.4 Å². The zero-order chi connectivity index (χ0) is 21.1. The first-order valence-electron chi connectivity index (χ1n) is 9.91. The predicted molar refractivity (Wildman–Crippen MR) is 114 cm³/mol. The van der Waals surface area contributed by atoms with E-state index in [-0.39, 0.29) is 29.3 Å². The summed E-state index contributed by atoms with van der Waals surface area (Å²) in [4.78, 5) is 20.0. The third-order valence-electron chi connectivity index (χ3n) is 5.40. The van der Waals surface area contributed by atoms with Crippen molar-refractivity contribution in [2.75, 3.05) is 18.0 Å². The van der Waals surface area contributed by atoms with Gasteiger partial charge in [0.25, 0.3) is 5.56 Å². The van der Waals surface area contributed by atoms with E-state index < -0.39 is 5.82 Å². The number of rotatable bonds is 4. The molecule has 3 aromatic rings. The Labute approximate surface area is 174 Å². The van der Waals surface area contributed by atoms with Crippen molar-refractivity contribution in [2.24, 2.45) is 5.73 Å². The smallest absolute Gasteiger partial charge is 0.263 e. The average molecular weight is 403 g/mol. The Kier molecular flexibility index (Phi) is 5.59. The van der Waals surface area contributed by atoms with Crippen LogP contribution in [0.3, 0.4) is 0 Å². The molecule has 2 heterocycles. The number of hydrogen-bond acceptors (Lipinski definition) is 5. The molecule has 2 aromatic carbocycles. The summed E-state index contributed by atoms with van der Waals surface area (Å²) in [5.74, 6) is 0.0103. The van der Waals surface area contributed by atoms with Crippen molar-refractivity contribution in [3.05, 3.63) is 82.0 Å². The van der Waals surface area contributed by atoms with Gasteiger partial charge >= 0.3 is 0 Å². The fourth-order valence-corrected chi connectivity index (χ4v) is 3.87. The fraction of sp³-hybridized carbons (Fsp3) is 0.261. The van der Waals surface area contributed by atoms with Gasteiger partial charge in [-0.1, -0.05) is 36.4 Å². The van der Waals surface area contributed by atoms with E-state index in [1.54, 1.807) is 30.3 Å². The van der Waals surface area contributed by atoms with E-state index in [1.807, 2.05) is 17.0 Å². The summed E-state index contributed by atoms with van der Waals surface area (Å²) in [6.07, 6.45) is 3.26. The summed E-state index contributed by atoms with van der Waals surface area (Å²) in [6, 6.07) is 15.5. The molecule has 7 heteroatoms. The van der Waals surface area contributed by atoms with Gasteiger partial charge in [0, 0.05) is 30.9 Å². The highest BCUT2D eigenvalue weighted by Gasteiger charge is 2.23. The van der Waals surface area contributed by atoms with Crippen molar-refractivity contribution in [3.8, 4) is 17.2 Å². The maximum atomic E-state index is 14.4. The van der Waals surface area contributed by atoms with Crippen LogP contribution < -0.4 is 16.2 Å². The van der Waals surface area contributed by atoms with Crippen molar-refractivity contribution in [3.63, 3.8) is 0 Å². The molecule has 1 saturated heterocycles. The lowest BCUT2D eigenvalue weighted by atomic mass is 10.1. The van der Waals surface area contributed by atoms with Crippen LogP contribution in [-0.4, -0.2) is 28.7 Å². The summed E-state index contributed by atoms with van der Waals surface area (Å²) in [5, 5.41) is 9.46. The van der Waals surface area contributed by atoms with Crippen molar-refractivity contribution in [2.45, 2.75) is 25.4 Å². The van der Waals surface area contributed by atoms with Crippen molar-refractivity contribution >= 4 is 5.95 Å². The number of aromatic nitrogens is 2. The molecule has 0 spiro atoms. The minimum Gasteiger partial charge on any atom is -0.341 e. The Bertz CT molecular complexity index is 1170.